The number of nitrogens with zero attached hydrogens (tertiary/aromatic N) is 1. The molecule has 0 atom stereocenters. The summed E-state index contributed by atoms with van der Waals surface area (Å²) in [4.78, 5) is 17.2. The molecule has 5 aromatic rings. The zero-order chi connectivity index (χ0) is 29.5. The normalized spacial score (nSPS) is 11.3. The topological polar surface area (TPSA) is 60.5 Å². The van der Waals surface area contributed by atoms with Gasteiger partial charge >= 0.3 is 0 Å². The van der Waals surface area contributed by atoms with E-state index in [4.69, 9.17) is 21.1 Å². The van der Waals surface area contributed by atoms with Gasteiger partial charge in [0.2, 0.25) is 0 Å². The van der Waals surface area contributed by atoms with E-state index in [1.165, 1.54) is 11.1 Å². The molecular formula is C36H35ClN2O3. The van der Waals surface area contributed by atoms with Gasteiger partial charge in [0, 0.05) is 29.6 Å². The Balaban J connectivity index is 1.11. The lowest BCUT2D eigenvalue weighted by molar-refractivity contribution is 0.0949. The van der Waals surface area contributed by atoms with Crippen LogP contribution in [0, 0.1) is 0 Å². The third-order valence-electron chi connectivity index (χ3n) is 7.08. The highest BCUT2D eigenvalue weighted by Crippen LogP contribution is 2.29. The van der Waals surface area contributed by atoms with Crippen molar-refractivity contribution in [2.75, 3.05) is 13.2 Å². The summed E-state index contributed by atoms with van der Waals surface area (Å²) in [5, 5.41) is 5.55. The third kappa shape index (κ3) is 7.89. The van der Waals surface area contributed by atoms with Gasteiger partial charge in [-0.05, 0) is 94.6 Å². The largest absolute Gasteiger partial charge is 0.493 e. The Morgan fingerprint density at radius 2 is 1.40 bits per heavy atom. The number of rotatable bonds is 10. The van der Waals surface area contributed by atoms with Crippen molar-refractivity contribution in [1.29, 1.82) is 0 Å². The summed E-state index contributed by atoms with van der Waals surface area (Å²) in [6.07, 6.45) is 3.24. The first-order valence-corrected chi connectivity index (χ1v) is 14.5. The van der Waals surface area contributed by atoms with Crippen LogP contribution in [0.1, 0.15) is 48.0 Å². The van der Waals surface area contributed by atoms with E-state index in [1.807, 2.05) is 78.9 Å². The van der Waals surface area contributed by atoms with Crippen LogP contribution in [0.25, 0.3) is 10.8 Å². The molecule has 0 aliphatic rings. The molecule has 1 N–H and O–H groups in total. The third-order valence-corrected chi connectivity index (χ3v) is 7.33. The van der Waals surface area contributed by atoms with E-state index >= 15 is 0 Å². The van der Waals surface area contributed by atoms with Crippen LogP contribution in [-0.2, 0) is 18.3 Å². The molecule has 1 aromatic heterocycles. The van der Waals surface area contributed by atoms with Crippen molar-refractivity contribution in [3.05, 3.63) is 131 Å². The number of hydrogen-bond donors (Lipinski definition) is 1. The van der Waals surface area contributed by atoms with Crippen molar-refractivity contribution in [3.8, 4) is 17.2 Å². The molecule has 0 spiro atoms. The van der Waals surface area contributed by atoms with E-state index < -0.39 is 0 Å². The van der Waals surface area contributed by atoms with Gasteiger partial charge in [-0.25, -0.2) is 0 Å². The van der Waals surface area contributed by atoms with Crippen molar-refractivity contribution < 1.29 is 14.3 Å². The molecule has 0 saturated carbocycles. The molecular weight excluding hydrogens is 544 g/mol. The number of halogens is 1. The van der Waals surface area contributed by atoms with Gasteiger partial charge in [0.25, 0.3) is 5.91 Å². The number of pyridine rings is 1. The van der Waals surface area contributed by atoms with E-state index in [9.17, 15) is 4.79 Å². The maximum Gasteiger partial charge on any atom is 0.269 e. The maximum absolute atomic E-state index is 12.8. The minimum absolute atomic E-state index is 0.0876. The summed E-state index contributed by atoms with van der Waals surface area (Å²) in [7, 11) is 0. The molecule has 6 heteroatoms. The summed E-state index contributed by atoms with van der Waals surface area (Å²) in [6, 6.07) is 31.5. The second kappa shape index (κ2) is 13.1. The number of carbonyl (C=O) groups excluding carboxylic acids is 1. The predicted molar refractivity (Wildman–Crippen MR) is 170 cm³/mol. The standard InChI is InChI=1S/C36H35ClN2O3/c1-36(2,3)29-9-16-32(17-10-29)42-33-15-8-27-24-39-34(23-28(27)22-33)35(40)38-20-18-25-6-13-31(14-7-25)41-21-19-26-4-11-30(37)12-5-26/h4-17,22-24H,18-21H2,1-3H3,(H,38,40). The number of nitrogens with one attached hydrogen (secondary N) is 1. The molecule has 1 heterocycles. The highest BCUT2D eigenvalue weighted by atomic mass is 35.5. The van der Waals surface area contributed by atoms with Crippen LogP contribution in [0.15, 0.2) is 103 Å². The zero-order valence-electron chi connectivity index (χ0n) is 24.2. The molecule has 0 fully saturated rings. The van der Waals surface area contributed by atoms with Crippen LogP contribution in [-0.4, -0.2) is 24.0 Å². The molecule has 4 aromatic carbocycles. The fourth-order valence-electron chi connectivity index (χ4n) is 4.57. The van der Waals surface area contributed by atoms with Gasteiger partial charge < -0.3 is 14.8 Å². The monoisotopic (exact) mass is 578 g/mol. The highest BCUT2D eigenvalue weighted by Gasteiger charge is 2.13. The molecule has 0 radical (unpaired) electrons. The van der Waals surface area contributed by atoms with Crippen molar-refractivity contribution >= 4 is 28.3 Å². The van der Waals surface area contributed by atoms with Crippen LogP contribution >= 0.6 is 11.6 Å². The molecule has 0 aliphatic heterocycles. The Morgan fingerprint density at radius 1 is 0.762 bits per heavy atom. The summed E-state index contributed by atoms with van der Waals surface area (Å²) in [5.41, 5.74) is 4.01. The van der Waals surface area contributed by atoms with E-state index in [0.29, 0.717) is 31.0 Å². The molecule has 0 saturated heterocycles. The van der Waals surface area contributed by atoms with Gasteiger partial charge in [0.1, 0.15) is 22.9 Å². The van der Waals surface area contributed by atoms with Gasteiger partial charge in [-0.3, -0.25) is 9.78 Å². The van der Waals surface area contributed by atoms with E-state index in [2.05, 4.69) is 43.2 Å². The molecule has 214 valence electrons. The molecule has 5 nitrogen and oxygen atoms in total. The lowest BCUT2D eigenvalue weighted by Gasteiger charge is -2.19. The first kappa shape index (κ1) is 29.2. The van der Waals surface area contributed by atoms with E-state index in [0.717, 1.165) is 39.3 Å². The summed E-state index contributed by atoms with van der Waals surface area (Å²) >= 11 is 5.94. The smallest absolute Gasteiger partial charge is 0.269 e. The van der Waals surface area contributed by atoms with Crippen LogP contribution < -0.4 is 14.8 Å². The van der Waals surface area contributed by atoms with E-state index in [1.54, 1.807) is 12.3 Å². The van der Waals surface area contributed by atoms with E-state index in [-0.39, 0.29) is 11.3 Å². The summed E-state index contributed by atoms with van der Waals surface area (Å²) < 4.78 is 12.0. The van der Waals surface area contributed by atoms with Crippen LogP contribution in [0.3, 0.4) is 0 Å². The first-order chi connectivity index (χ1) is 20.2. The Morgan fingerprint density at radius 3 is 2.12 bits per heavy atom. The van der Waals surface area contributed by atoms with Crippen LogP contribution in [0.2, 0.25) is 5.02 Å². The minimum atomic E-state index is -0.205. The Hall–Kier alpha value is -4.35. The van der Waals surface area contributed by atoms with Crippen molar-refractivity contribution in [2.45, 2.75) is 39.0 Å². The summed E-state index contributed by atoms with van der Waals surface area (Å²) in [5.74, 6) is 2.10. The minimum Gasteiger partial charge on any atom is -0.493 e. The SMILES string of the molecule is CC(C)(C)c1ccc(Oc2ccc3cnc(C(=O)NCCc4ccc(OCCc5ccc(Cl)cc5)cc4)cc3c2)cc1. The Labute approximate surface area is 252 Å². The number of aromatic nitrogens is 1. The predicted octanol–water partition coefficient (Wildman–Crippen LogP) is 8.57. The Kier molecular flexibility index (Phi) is 9.09. The van der Waals surface area contributed by atoms with Crippen LogP contribution in [0.4, 0.5) is 0 Å². The zero-order valence-corrected chi connectivity index (χ0v) is 24.9. The van der Waals surface area contributed by atoms with Crippen molar-refractivity contribution in [2.24, 2.45) is 0 Å². The number of amides is 1. The molecule has 1 amide bonds. The van der Waals surface area contributed by atoms with Gasteiger partial charge in [-0.1, -0.05) is 68.8 Å². The number of hydrogen-bond acceptors (Lipinski definition) is 4. The van der Waals surface area contributed by atoms with Gasteiger partial charge in [0.05, 0.1) is 6.61 Å². The van der Waals surface area contributed by atoms with Crippen molar-refractivity contribution in [1.82, 2.24) is 10.3 Å². The average molecular weight is 579 g/mol. The van der Waals surface area contributed by atoms with Crippen molar-refractivity contribution in [3.63, 3.8) is 0 Å². The second-order valence-corrected chi connectivity index (χ2v) is 11.8. The number of fused-ring (bicyclic) bond motifs is 1. The first-order valence-electron chi connectivity index (χ1n) is 14.2. The molecule has 0 aliphatic carbocycles. The molecule has 42 heavy (non-hydrogen) atoms. The Bertz CT molecular complexity index is 1640. The lowest BCUT2D eigenvalue weighted by Crippen LogP contribution is -2.26. The number of benzene rings is 4. The van der Waals surface area contributed by atoms with Gasteiger partial charge in [-0.2, -0.15) is 0 Å². The van der Waals surface area contributed by atoms with Gasteiger partial charge in [0.15, 0.2) is 0 Å². The van der Waals surface area contributed by atoms with Gasteiger partial charge in [-0.15, -0.1) is 0 Å². The summed E-state index contributed by atoms with van der Waals surface area (Å²) in [6.45, 7) is 7.66. The lowest BCUT2D eigenvalue weighted by atomic mass is 9.87. The molecule has 0 bridgehead atoms. The maximum atomic E-state index is 12.8. The number of ether oxygens (including phenoxy) is 2. The molecule has 5 rings (SSSR count). The molecule has 0 unspecified atom stereocenters. The number of carbonyl (C=O) groups is 1. The fourth-order valence-corrected chi connectivity index (χ4v) is 4.69. The quantitative estimate of drug-likeness (QED) is 0.180. The second-order valence-electron chi connectivity index (χ2n) is 11.3. The van der Waals surface area contributed by atoms with Crippen LogP contribution in [0.5, 0.6) is 17.2 Å². The highest BCUT2D eigenvalue weighted by molar-refractivity contribution is 6.30. The average Bonchev–Trinajstić information content (AvgIpc) is 2.98. The fraction of sp³-hybridized carbons (Fsp3) is 0.222.